The van der Waals surface area contributed by atoms with Crippen LogP contribution in [0.25, 0.3) is 0 Å². The Balaban J connectivity index is 0.992. The monoisotopic (exact) mass is 637 g/mol. The van der Waals surface area contributed by atoms with Crippen molar-refractivity contribution in [2.24, 2.45) is 0 Å². The van der Waals surface area contributed by atoms with E-state index in [1.165, 1.54) is 28.8 Å². The summed E-state index contributed by atoms with van der Waals surface area (Å²) in [6.45, 7) is 4.60. The average molecular weight is 638 g/mol. The number of halogens is 2. The zero-order chi connectivity index (χ0) is 31.3. The lowest BCUT2D eigenvalue weighted by Crippen LogP contribution is -2.47. The molecule has 6 rings (SSSR count). The minimum atomic E-state index is -0.429. The minimum absolute atomic E-state index is 0.0297. The second-order valence-corrected chi connectivity index (χ2v) is 13.7. The van der Waals surface area contributed by atoms with Gasteiger partial charge in [-0.2, -0.15) is 0 Å². The first-order valence-corrected chi connectivity index (χ1v) is 17.7. The molecule has 5 unspecified atom stereocenters. The second kappa shape index (κ2) is 14.9. The number of aliphatic hydroxyl groups is 1. The van der Waals surface area contributed by atoms with Gasteiger partial charge in [0.1, 0.15) is 28.9 Å². The molecule has 3 aromatic carbocycles. The summed E-state index contributed by atoms with van der Waals surface area (Å²) in [6, 6.07) is 19.0. The van der Waals surface area contributed by atoms with Gasteiger partial charge in [-0.25, -0.2) is 8.78 Å². The summed E-state index contributed by atoms with van der Waals surface area (Å²) in [7, 11) is 0. The third-order valence-corrected chi connectivity index (χ3v) is 10.5. The Morgan fingerprint density at radius 2 is 1.71 bits per heavy atom. The maximum Gasteiger partial charge on any atom is 0.129 e. The Kier molecular flexibility index (Phi) is 10.8. The maximum absolute atomic E-state index is 14.2. The fourth-order valence-corrected chi connectivity index (χ4v) is 7.73. The third kappa shape index (κ3) is 8.09. The lowest BCUT2D eigenvalue weighted by Gasteiger charge is -2.40. The van der Waals surface area contributed by atoms with Crippen molar-refractivity contribution in [3.05, 3.63) is 100 Å². The Morgan fingerprint density at radius 1 is 0.911 bits per heavy atom. The highest BCUT2D eigenvalue weighted by Crippen LogP contribution is 2.36. The van der Waals surface area contributed by atoms with Crippen LogP contribution in [0.3, 0.4) is 0 Å². The fraction of sp³-hybridized carbons (Fsp3) is 0.514. The molecule has 3 saturated heterocycles. The van der Waals surface area contributed by atoms with Crippen LogP contribution in [0.5, 0.6) is 5.75 Å². The molecule has 8 heteroatoms. The van der Waals surface area contributed by atoms with Crippen molar-refractivity contribution in [2.75, 3.05) is 26.0 Å². The molecular formula is C37H45F2NO4S. The Hall–Kier alpha value is -2.49. The van der Waals surface area contributed by atoms with Crippen LogP contribution in [0.15, 0.2) is 60.7 Å². The molecule has 1 N–H and O–H groups in total. The number of aryl methyl sites for hydroxylation is 1. The smallest absolute Gasteiger partial charge is 0.129 e. The van der Waals surface area contributed by atoms with E-state index in [1.807, 2.05) is 6.26 Å². The summed E-state index contributed by atoms with van der Waals surface area (Å²) < 4.78 is 46.5. The molecule has 3 fully saturated rings. The summed E-state index contributed by atoms with van der Waals surface area (Å²) in [5.74, 6) is 0.0677. The van der Waals surface area contributed by atoms with E-state index in [4.69, 9.17) is 14.2 Å². The lowest BCUT2D eigenvalue weighted by atomic mass is 9.92. The van der Waals surface area contributed by atoms with Crippen LogP contribution in [0.2, 0.25) is 0 Å². The van der Waals surface area contributed by atoms with E-state index in [9.17, 15) is 13.9 Å². The SMILES string of the molecule is CCc1ccc(C2CC(O)CC(SC)O2)cc1Cc1ccc(OC2CCN(C3CCC(c4cc(F)ccc4F)OC3)CC2)cc1. The van der Waals surface area contributed by atoms with Gasteiger partial charge < -0.3 is 19.3 Å². The molecule has 0 radical (unpaired) electrons. The van der Waals surface area contributed by atoms with E-state index in [1.54, 1.807) is 11.8 Å². The molecule has 0 aromatic heterocycles. The molecule has 0 saturated carbocycles. The molecule has 0 aliphatic carbocycles. The Bertz CT molecular complexity index is 1410. The van der Waals surface area contributed by atoms with Crippen LogP contribution in [-0.4, -0.2) is 59.6 Å². The number of thioether (sulfide) groups is 1. The lowest BCUT2D eigenvalue weighted by molar-refractivity contribution is -0.0605. The van der Waals surface area contributed by atoms with Crippen molar-refractivity contribution >= 4 is 11.8 Å². The number of ether oxygens (including phenoxy) is 3. The van der Waals surface area contributed by atoms with Crippen molar-refractivity contribution in [3.63, 3.8) is 0 Å². The first kappa shape index (κ1) is 32.5. The fourth-order valence-electron chi connectivity index (χ4n) is 7.07. The van der Waals surface area contributed by atoms with Gasteiger partial charge >= 0.3 is 0 Å². The number of hydrogen-bond donors (Lipinski definition) is 1. The predicted octanol–water partition coefficient (Wildman–Crippen LogP) is 7.78. The molecule has 0 bridgehead atoms. The normalized spacial score (nSPS) is 26.6. The molecule has 3 aromatic rings. The predicted molar refractivity (Wildman–Crippen MR) is 175 cm³/mol. The molecule has 0 amide bonds. The summed E-state index contributed by atoms with van der Waals surface area (Å²) in [5, 5.41) is 10.4. The van der Waals surface area contributed by atoms with Crippen LogP contribution in [0.4, 0.5) is 8.78 Å². The largest absolute Gasteiger partial charge is 0.490 e. The van der Waals surface area contributed by atoms with Gasteiger partial charge in [-0.3, -0.25) is 4.90 Å². The first-order valence-electron chi connectivity index (χ1n) is 16.4. The second-order valence-electron chi connectivity index (χ2n) is 12.7. The van der Waals surface area contributed by atoms with Crippen LogP contribution in [0, 0.1) is 11.6 Å². The molecule has 0 spiro atoms. The highest BCUT2D eigenvalue weighted by atomic mass is 32.2. The van der Waals surface area contributed by atoms with Gasteiger partial charge in [-0.1, -0.05) is 37.3 Å². The Morgan fingerprint density at radius 3 is 2.42 bits per heavy atom. The summed E-state index contributed by atoms with van der Waals surface area (Å²) >= 11 is 1.66. The van der Waals surface area contributed by atoms with Gasteiger partial charge in [-0.05, 0) is 97.4 Å². The van der Waals surface area contributed by atoms with Crippen molar-refractivity contribution in [3.8, 4) is 5.75 Å². The van der Waals surface area contributed by atoms with Crippen molar-refractivity contribution < 1.29 is 28.1 Å². The van der Waals surface area contributed by atoms with Crippen molar-refractivity contribution in [2.45, 2.75) is 94.2 Å². The van der Waals surface area contributed by atoms with E-state index >= 15 is 0 Å². The third-order valence-electron chi connectivity index (χ3n) is 9.68. The van der Waals surface area contributed by atoms with E-state index in [0.717, 1.165) is 62.6 Å². The van der Waals surface area contributed by atoms with E-state index < -0.39 is 11.6 Å². The number of likely N-dealkylation sites (tertiary alicyclic amines) is 1. The van der Waals surface area contributed by atoms with Crippen LogP contribution in [-0.2, 0) is 22.3 Å². The molecule has 45 heavy (non-hydrogen) atoms. The number of piperidine rings is 1. The van der Waals surface area contributed by atoms with Crippen LogP contribution >= 0.6 is 11.8 Å². The number of rotatable bonds is 9. The molecule has 5 atom stereocenters. The van der Waals surface area contributed by atoms with Gasteiger partial charge in [0, 0.05) is 37.5 Å². The number of nitrogens with zero attached hydrogens (tertiary/aromatic N) is 1. The van der Waals surface area contributed by atoms with Gasteiger partial charge in [0.25, 0.3) is 0 Å². The maximum atomic E-state index is 14.2. The van der Waals surface area contributed by atoms with Gasteiger partial charge in [0.05, 0.1) is 24.9 Å². The summed E-state index contributed by atoms with van der Waals surface area (Å²) in [4.78, 5) is 2.46. The minimum Gasteiger partial charge on any atom is -0.490 e. The topological polar surface area (TPSA) is 51.2 Å². The van der Waals surface area contributed by atoms with Crippen LogP contribution in [0.1, 0.15) is 85.5 Å². The zero-order valence-electron chi connectivity index (χ0n) is 26.3. The standard InChI is InChI=1S/C37H45F2NO4S/c1-3-25-6-7-26(36-21-30(41)22-37(44-36)45-2)19-27(25)18-24-4-10-31(11-5-24)43-32-14-16-40(17-15-32)29-9-13-35(42-23-29)33-20-28(38)8-12-34(33)39/h4-8,10-12,19-20,29-30,32,35-37,41H,3,9,13-18,21-23H2,1-2H3. The first-order chi connectivity index (χ1) is 21.9. The van der Waals surface area contributed by atoms with E-state index in [0.29, 0.717) is 37.5 Å². The van der Waals surface area contributed by atoms with E-state index in [2.05, 4.69) is 54.3 Å². The molecule has 5 nitrogen and oxygen atoms in total. The zero-order valence-corrected chi connectivity index (χ0v) is 27.1. The van der Waals surface area contributed by atoms with Gasteiger partial charge in [0.15, 0.2) is 0 Å². The quantitative estimate of drug-likeness (QED) is 0.259. The Labute approximate surface area is 270 Å². The molecular weight excluding hydrogens is 592 g/mol. The van der Waals surface area contributed by atoms with Crippen molar-refractivity contribution in [1.29, 1.82) is 0 Å². The van der Waals surface area contributed by atoms with Crippen molar-refractivity contribution in [1.82, 2.24) is 4.90 Å². The van der Waals surface area contributed by atoms with E-state index in [-0.39, 0.29) is 29.9 Å². The molecule has 242 valence electrons. The molecule has 3 aliphatic rings. The van der Waals surface area contributed by atoms with Gasteiger partial charge in [0.2, 0.25) is 0 Å². The summed E-state index contributed by atoms with van der Waals surface area (Å²) in [6.07, 6.45) is 8.03. The number of hydrogen-bond acceptors (Lipinski definition) is 6. The van der Waals surface area contributed by atoms with Crippen LogP contribution < -0.4 is 4.74 Å². The highest BCUT2D eigenvalue weighted by Gasteiger charge is 2.32. The molecule has 3 aliphatic heterocycles. The number of aliphatic hydroxyl groups excluding tert-OH is 1. The number of benzene rings is 3. The highest BCUT2D eigenvalue weighted by molar-refractivity contribution is 7.99. The van der Waals surface area contributed by atoms with Gasteiger partial charge in [-0.15, -0.1) is 11.8 Å². The molecule has 3 heterocycles. The average Bonchev–Trinajstić information content (AvgIpc) is 3.07. The summed E-state index contributed by atoms with van der Waals surface area (Å²) in [5.41, 5.74) is 5.38.